The van der Waals surface area contributed by atoms with Gasteiger partial charge in [0, 0.05) is 12.1 Å². The van der Waals surface area contributed by atoms with Crippen molar-refractivity contribution < 1.29 is 9.32 Å². The lowest BCUT2D eigenvalue weighted by Gasteiger charge is -2.28. The molecule has 4 aromatic rings. The van der Waals surface area contributed by atoms with Crippen LogP contribution in [0.15, 0.2) is 77.3 Å². The lowest BCUT2D eigenvalue weighted by molar-refractivity contribution is 0.0889. The second kappa shape index (κ2) is 8.10. The van der Waals surface area contributed by atoms with Crippen LogP contribution in [0.25, 0.3) is 22.1 Å². The molecule has 0 saturated carbocycles. The largest absolute Gasteiger partial charge is 0.355 e. The van der Waals surface area contributed by atoms with E-state index in [1.165, 1.54) is 0 Å². The SMILES string of the molecule is Cc1noc(-c2ccccc2)c1C(=O)NC(C)(N)NCc1cccc2ccccc12. The van der Waals surface area contributed by atoms with Crippen LogP contribution in [0.5, 0.6) is 0 Å². The van der Waals surface area contributed by atoms with Gasteiger partial charge in [-0.15, -0.1) is 0 Å². The number of benzene rings is 3. The molecule has 152 valence electrons. The van der Waals surface area contributed by atoms with Crippen molar-refractivity contribution in [3.05, 3.63) is 89.6 Å². The van der Waals surface area contributed by atoms with Gasteiger partial charge in [0.05, 0.1) is 5.69 Å². The Kier molecular flexibility index (Phi) is 5.35. The average Bonchev–Trinajstić information content (AvgIpc) is 3.14. The molecule has 30 heavy (non-hydrogen) atoms. The van der Waals surface area contributed by atoms with Gasteiger partial charge in [0.15, 0.2) is 5.76 Å². The van der Waals surface area contributed by atoms with E-state index in [1.54, 1.807) is 13.8 Å². The molecular formula is C24H24N4O2. The predicted molar refractivity (Wildman–Crippen MR) is 118 cm³/mol. The number of rotatable bonds is 6. The van der Waals surface area contributed by atoms with Crippen molar-refractivity contribution in [1.29, 1.82) is 0 Å². The number of nitrogens with zero attached hydrogens (tertiary/aromatic N) is 1. The smallest absolute Gasteiger partial charge is 0.259 e. The van der Waals surface area contributed by atoms with E-state index in [0.717, 1.165) is 21.9 Å². The van der Waals surface area contributed by atoms with Crippen molar-refractivity contribution in [3.8, 4) is 11.3 Å². The van der Waals surface area contributed by atoms with E-state index in [-0.39, 0.29) is 5.91 Å². The molecule has 1 atom stereocenters. The summed E-state index contributed by atoms with van der Waals surface area (Å²) in [6, 6.07) is 23.7. The highest BCUT2D eigenvalue weighted by atomic mass is 16.5. The van der Waals surface area contributed by atoms with Gasteiger partial charge in [-0.25, -0.2) is 0 Å². The topological polar surface area (TPSA) is 93.2 Å². The van der Waals surface area contributed by atoms with Crippen LogP contribution in [0, 0.1) is 6.92 Å². The normalized spacial score (nSPS) is 13.2. The summed E-state index contributed by atoms with van der Waals surface area (Å²) in [6.45, 7) is 3.96. The summed E-state index contributed by atoms with van der Waals surface area (Å²) in [4.78, 5) is 13.0. The number of carbonyl (C=O) groups excluding carboxylic acids is 1. The molecule has 4 rings (SSSR count). The van der Waals surface area contributed by atoms with Crippen LogP contribution in [-0.2, 0) is 6.54 Å². The highest BCUT2D eigenvalue weighted by Crippen LogP contribution is 2.26. The Bertz CT molecular complexity index is 1180. The Hall–Kier alpha value is -3.48. The third-order valence-corrected chi connectivity index (χ3v) is 5.02. The number of aryl methyl sites for hydroxylation is 1. The standard InChI is InChI=1S/C24H24N4O2/c1-16-21(22(30-28-16)18-10-4-3-5-11-18)23(29)27-24(2,25)26-15-19-13-8-12-17-9-6-7-14-20(17)19/h3-14,26H,15,25H2,1-2H3,(H,27,29). The van der Waals surface area contributed by atoms with Crippen molar-refractivity contribution in [2.24, 2.45) is 5.73 Å². The molecule has 1 heterocycles. The molecule has 0 bridgehead atoms. The van der Waals surface area contributed by atoms with E-state index in [4.69, 9.17) is 10.3 Å². The van der Waals surface area contributed by atoms with Crippen molar-refractivity contribution in [3.63, 3.8) is 0 Å². The average molecular weight is 400 g/mol. The van der Waals surface area contributed by atoms with Crippen LogP contribution in [-0.4, -0.2) is 16.9 Å². The molecule has 0 aliphatic rings. The first-order chi connectivity index (χ1) is 14.4. The Labute approximate surface area is 175 Å². The maximum absolute atomic E-state index is 13.0. The number of amides is 1. The van der Waals surface area contributed by atoms with E-state index in [1.807, 2.05) is 54.6 Å². The fourth-order valence-electron chi connectivity index (χ4n) is 3.49. The molecule has 0 saturated heterocycles. The van der Waals surface area contributed by atoms with Crippen molar-refractivity contribution >= 4 is 16.7 Å². The van der Waals surface area contributed by atoms with Crippen molar-refractivity contribution in [2.75, 3.05) is 0 Å². The second-order valence-corrected chi connectivity index (χ2v) is 7.49. The molecule has 0 aliphatic heterocycles. The maximum atomic E-state index is 13.0. The number of nitrogens with two attached hydrogens (primary N) is 1. The van der Waals surface area contributed by atoms with Gasteiger partial charge in [-0.1, -0.05) is 78.0 Å². The Morgan fingerprint density at radius 2 is 1.73 bits per heavy atom. The Morgan fingerprint density at radius 1 is 1.03 bits per heavy atom. The van der Waals surface area contributed by atoms with Gasteiger partial charge in [0.25, 0.3) is 5.91 Å². The summed E-state index contributed by atoms with van der Waals surface area (Å²) >= 11 is 0. The number of carbonyl (C=O) groups is 1. The molecule has 0 radical (unpaired) electrons. The number of hydrogen-bond donors (Lipinski definition) is 3. The third-order valence-electron chi connectivity index (χ3n) is 5.02. The van der Waals surface area contributed by atoms with Crippen molar-refractivity contribution in [1.82, 2.24) is 15.8 Å². The minimum Gasteiger partial charge on any atom is -0.355 e. The zero-order chi connectivity index (χ0) is 21.1. The summed E-state index contributed by atoms with van der Waals surface area (Å²) in [5.41, 5.74) is 9.14. The fourth-order valence-corrected chi connectivity index (χ4v) is 3.49. The van der Waals surface area contributed by atoms with Gasteiger partial charge >= 0.3 is 0 Å². The monoisotopic (exact) mass is 400 g/mol. The molecule has 0 aliphatic carbocycles. The van der Waals surface area contributed by atoms with Gasteiger partial charge in [-0.2, -0.15) is 0 Å². The molecule has 6 nitrogen and oxygen atoms in total. The van der Waals surface area contributed by atoms with Crippen molar-refractivity contribution in [2.45, 2.75) is 26.2 Å². The first-order valence-corrected chi connectivity index (χ1v) is 9.79. The summed E-state index contributed by atoms with van der Waals surface area (Å²) in [5, 5.41) is 12.4. The summed E-state index contributed by atoms with van der Waals surface area (Å²) in [5.74, 6) is -1.05. The molecule has 1 aromatic heterocycles. The lowest BCUT2D eigenvalue weighted by Crippen LogP contribution is -2.63. The highest BCUT2D eigenvalue weighted by Gasteiger charge is 2.27. The fraction of sp³-hybridized carbons (Fsp3) is 0.167. The molecule has 1 unspecified atom stereocenters. The summed E-state index contributed by atoms with van der Waals surface area (Å²) in [6.07, 6.45) is 0. The second-order valence-electron chi connectivity index (χ2n) is 7.49. The zero-order valence-corrected chi connectivity index (χ0v) is 17.0. The van der Waals surface area contributed by atoms with Gasteiger partial charge < -0.3 is 9.84 Å². The van der Waals surface area contributed by atoms with E-state index >= 15 is 0 Å². The third kappa shape index (κ3) is 4.10. The molecule has 0 spiro atoms. The van der Waals surface area contributed by atoms with Crippen LogP contribution in [0.2, 0.25) is 0 Å². The minimum atomic E-state index is -1.13. The Morgan fingerprint density at radius 3 is 2.53 bits per heavy atom. The van der Waals surface area contributed by atoms with Gasteiger partial charge in [-0.3, -0.25) is 15.8 Å². The van der Waals surface area contributed by atoms with Gasteiger partial charge in [0.2, 0.25) is 0 Å². The first kappa shape index (κ1) is 19.8. The Balaban J connectivity index is 1.51. The van der Waals surface area contributed by atoms with E-state index in [9.17, 15) is 4.79 Å². The number of nitrogens with one attached hydrogen (secondary N) is 2. The first-order valence-electron chi connectivity index (χ1n) is 9.79. The number of fused-ring (bicyclic) bond motifs is 1. The summed E-state index contributed by atoms with van der Waals surface area (Å²) in [7, 11) is 0. The molecule has 4 N–H and O–H groups in total. The quantitative estimate of drug-likeness (QED) is 0.426. The minimum absolute atomic E-state index is 0.344. The van der Waals surface area contributed by atoms with Crippen LogP contribution in [0.3, 0.4) is 0 Å². The molecule has 6 heteroatoms. The molecular weight excluding hydrogens is 376 g/mol. The predicted octanol–water partition coefficient (Wildman–Crippen LogP) is 3.96. The van der Waals surface area contributed by atoms with Crippen LogP contribution in [0.1, 0.15) is 28.5 Å². The van der Waals surface area contributed by atoms with Crippen LogP contribution < -0.4 is 16.4 Å². The van der Waals surface area contributed by atoms with E-state index in [0.29, 0.717) is 23.6 Å². The molecule has 0 fully saturated rings. The van der Waals surface area contributed by atoms with Crippen LogP contribution in [0.4, 0.5) is 0 Å². The molecule has 3 aromatic carbocycles. The van der Waals surface area contributed by atoms with E-state index < -0.39 is 5.79 Å². The van der Waals surface area contributed by atoms with E-state index in [2.05, 4.69) is 34.0 Å². The molecule has 1 amide bonds. The lowest BCUT2D eigenvalue weighted by atomic mass is 10.0. The van der Waals surface area contributed by atoms with Gasteiger partial charge in [0.1, 0.15) is 11.4 Å². The number of aromatic nitrogens is 1. The zero-order valence-electron chi connectivity index (χ0n) is 17.0. The van der Waals surface area contributed by atoms with Gasteiger partial charge in [-0.05, 0) is 30.2 Å². The maximum Gasteiger partial charge on any atom is 0.259 e. The highest BCUT2D eigenvalue weighted by molar-refractivity contribution is 6.00. The number of hydrogen-bond acceptors (Lipinski definition) is 5. The summed E-state index contributed by atoms with van der Waals surface area (Å²) < 4.78 is 5.42. The van der Waals surface area contributed by atoms with Crippen LogP contribution >= 0.6 is 0 Å².